The summed E-state index contributed by atoms with van der Waals surface area (Å²) in [7, 11) is 2.57. The molecule has 0 amide bonds. The lowest BCUT2D eigenvalue weighted by Crippen LogP contribution is -1.81. The van der Waals surface area contributed by atoms with Crippen molar-refractivity contribution in [1.29, 1.82) is 0 Å². The molecule has 0 fully saturated rings. The number of hydrogen-bond acceptors (Lipinski definition) is 0. The Morgan fingerprint density at radius 3 is 1.29 bits per heavy atom. The van der Waals surface area contributed by atoms with Gasteiger partial charge in [0.1, 0.15) is 0 Å². The summed E-state index contributed by atoms with van der Waals surface area (Å²) in [6.45, 7) is 4.59. The Morgan fingerprint density at radius 1 is 0.471 bits per heavy atom. The van der Waals surface area contributed by atoms with E-state index in [1.807, 2.05) is 0 Å². The van der Waals surface area contributed by atoms with E-state index >= 15 is 0 Å². The molecule has 0 rings (SSSR count). The molecule has 0 aliphatic carbocycles. The van der Waals surface area contributed by atoms with Crippen LogP contribution in [0.25, 0.3) is 0 Å². The minimum absolute atomic E-state index is 1.28. The Labute approximate surface area is 114 Å². The third-order valence-electron chi connectivity index (χ3n) is 3.19. The fourth-order valence-corrected chi connectivity index (χ4v) is 5.32. The average Bonchev–Trinajstić information content (AvgIpc) is 2.35. The van der Waals surface area contributed by atoms with Crippen LogP contribution in [-0.2, 0) is 0 Å². The predicted octanol–water partition coefficient (Wildman–Crippen LogP) is 6.59. The van der Waals surface area contributed by atoms with E-state index in [0.717, 1.165) is 0 Å². The van der Waals surface area contributed by atoms with Gasteiger partial charge in [0.15, 0.2) is 0 Å². The first-order chi connectivity index (χ1) is 8.41. The molecule has 0 aliphatic heterocycles. The molecule has 0 bridgehead atoms. The third kappa shape index (κ3) is 16.9. The van der Waals surface area contributed by atoms with Crippen molar-refractivity contribution in [1.82, 2.24) is 0 Å². The van der Waals surface area contributed by atoms with Crippen LogP contribution in [0.15, 0.2) is 0 Å². The highest BCUT2D eigenvalue weighted by atomic mass is 32.0. The van der Waals surface area contributed by atoms with Gasteiger partial charge in [0.25, 0.3) is 0 Å². The van der Waals surface area contributed by atoms with E-state index in [4.69, 9.17) is 0 Å². The zero-order chi connectivity index (χ0) is 12.6. The lowest BCUT2D eigenvalue weighted by atomic mass is 10.1. The van der Waals surface area contributed by atoms with Gasteiger partial charge in [-0.2, -0.15) is 0 Å². The number of rotatable bonds is 14. The predicted molar refractivity (Wildman–Crippen MR) is 88.5 cm³/mol. The molecule has 0 heterocycles. The SMILES string of the molecule is CCCCCCCCCPPCCCCCC. The van der Waals surface area contributed by atoms with E-state index in [-0.39, 0.29) is 0 Å². The fourth-order valence-electron chi connectivity index (χ4n) is 1.99. The van der Waals surface area contributed by atoms with E-state index in [1.165, 1.54) is 99.5 Å². The molecule has 0 saturated heterocycles. The van der Waals surface area contributed by atoms with Crippen LogP contribution in [0.1, 0.15) is 84.5 Å². The van der Waals surface area contributed by atoms with Crippen LogP contribution in [0.2, 0.25) is 0 Å². The maximum atomic E-state index is 2.30. The van der Waals surface area contributed by atoms with Gasteiger partial charge in [-0.1, -0.05) is 88.2 Å². The Balaban J connectivity index is 2.85. The topological polar surface area (TPSA) is 0 Å². The molecule has 0 spiro atoms. The van der Waals surface area contributed by atoms with E-state index in [1.54, 1.807) is 0 Å². The molecule has 0 aliphatic rings. The van der Waals surface area contributed by atoms with Crippen LogP contribution >= 0.6 is 16.5 Å². The molecule has 104 valence electrons. The van der Waals surface area contributed by atoms with Gasteiger partial charge in [-0.15, -0.1) is 0 Å². The van der Waals surface area contributed by atoms with Crippen LogP contribution in [0.5, 0.6) is 0 Å². The minimum atomic E-state index is 1.28. The first-order valence-corrected chi connectivity index (χ1v) is 11.3. The summed E-state index contributed by atoms with van der Waals surface area (Å²) in [6, 6.07) is 0. The molecular weight excluding hydrogens is 242 g/mol. The van der Waals surface area contributed by atoms with Gasteiger partial charge in [0, 0.05) is 0 Å². The zero-order valence-corrected chi connectivity index (χ0v) is 14.2. The molecule has 0 aromatic heterocycles. The Kier molecular flexibility index (Phi) is 17.7. The molecule has 2 atom stereocenters. The van der Waals surface area contributed by atoms with Crippen molar-refractivity contribution in [3.63, 3.8) is 0 Å². The monoisotopic (exact) mass is 276 g/mol. The van der Waals surface area contributed by atoms with Gasteiger partial charge >= 0.3 is 0 Å². The summed E-state index contributed by atoms with van der Waals surface area (Å²) in [5.41, 5.74) is 0. The Hall–Kier alpha value is 0.860. The molecular formula is C15H34P2. The summed E-state index contributed by atoms with van der Waals surface area (Å²) in [4.78, 5) is 0. The van der Waals surface area contributed by atoms with Crippen LogP contribution in [0.4, 0.5) is 0 Å². The second-order valence-electron chi connectivity index (χ2n) is 5.04. The van der Waals surface area contributed by atoms with Crippen LogP contribution in [0.3, 0.4) is 0 Å². The van der Waals surface area contributed by atoms with Gasteiger partial charge in [-0.25, -0.2) is 0 Å². The van der Waals surface area contributed by atoms with Crippen molar-refractivity contribution in [3.05, 3.63) is 0 Å². The molecule has 2 heteroatoms. The molecule has 0 aromatic carbocycles. The summed E-state index contributed by atoms with van der Waals surface area (Å²) in [5.74, 6) is 0. The minimum Gasteiger partial charge on any atom is -0.0992 e. The highest BCUT2D eigenvalue weighted by molar-refractivity contribution is 8.11. The van der Waals surface area contributed by atoms with Crippen molar-refractivity contribution in [2.45, 2.75) is 84.5 Å². The smallest absolute Gasteiger partial charge is 0.0317 e. The second kappa shape index (κ2) is 16.9. The Bertz CT molecular complexity index is 112. The highest BCUT2D eigenvalue weighted by Gasteiger charge is 1.92. The van der Waals surface area contributed by atoms with Gasteiger partial charge in [-0.05, 0) is 25.2 Å². The molecule has 2 unspecified atom stereocenters. The van der Waals surface area contributed by atoms with Crippen molar-refractivity contribution >= 4 is 16.5 Å². The van der Waals surface area contributed by atoms with E-state index in [9.17, 15) is 0 Å². The fraction of sp³-hybridized carbons (Fsp3) is 1.00. The van der Waals surface area contributed by atoms with Crippen LogP contribution < -0.4 is 0 Å². The van der Waals surface area contributed by atoms with Gasteiger partial charge in [0.2, 0.25) is 0 Å². The summed E-state index contributed by atoms with van der Waals surface area (Å²) < 4.78 is 0. The van der Waals surface area contributed by atoms with E-state index in [2.05, 4.69) is 13.8 Å². The van der Waals surface area contributed by atoms with Crippen LogP contribution in [-0.4, -0.2) is 12.3 Å². The quantitative estimate of drug-likeness (QED) is 0.248. The van der Waals surface area contributed by atoms with Crippen molar-refractivity contribution in [3.8, 4) is 0 Å². The zero-order valence-electron chi connectivity index (χ0n) is 12.2. The Morgan fingerprint density at radius 2 is 0.824 bits per heavy atom. The van der Waals surface area contributed by atoms with Gasteiger partial charge < -0.3 is 0 Å². The third-order valence-corrected chi connectivity index (χ3v) is 6.89. The van der Waals surface area contributed by atoms with Gasteiger partial charge in [0.05, 0.1) is 0 Å². The number of unbranched alkanes of at least 4 members (excludes halogenated alkanes) is 9. The first-order valence-electron chi connectivity index (χ1n) is 7.87. The maximum absolute atomic E-state index is 2.30. The molecule has 17 heavy (non-hydrogen) atoms. The normalized spacial score (nSPS) is 12.4. The largest absolute Gasteiger partial charge is 0.0992 e. The van der Waals surface area contributed by atoms with Crippen molar-refractivity contribution < 1.29 is 0 Å². The highest BCUT2D eigenvalue weighted by Crippen LogP contribution is 2.38. The molecule has 0 radical (unpaired) electrons. The summed E-state index contributed by atoms with van der Waals surface area (Å²) >= 11 is 0. The lowest BCUT2D eigenvalue weighted by molar-refractivity contribution is 0.603. The maximum Gasteiger partial charge on any atom is -0.0317 e. The lowest BCUT2D eigenvalue weighted by Gasteiger charge is -2.03. The second-order valence-corrected chi connectivity index (χ2v) is 8.86. The van der Waals surface area contributed by atoms with E-state index in [0.29, 0.717) is 0 Å². The average molecular weight is 276 g/mol. The molecule has 0 nitrogen and oxygen atoms in total. The molecule has 0 saturated carbocycles. The van der Waals surface area contributed by atoms with Crippen molar-refractivity contribution in [2.75, 3.05) is 12.3 Å². The van der Waals surface area contributed by atoms with E-state index < -0.39 is 0 Å². The number of hydrogen-bond donors (Lipinski definition) is 0. The van der Waals surface area contributed by atoms with Crippen LogP contribution in [0, 0.1) is 0 Å². The standard InChI is InChI=1S/C15H34P2/c1-3-5-7-9-10-11-13-15-17-16-14-12-8-6-4-2/h16-17H,3-15H2,1-2H3. The molecule has 0 aromatic rings. The van der Waals surface area contributed by atoms with Gasteiger partial charge in [-0.3, -0.25) is 0 Å². The summed E-state index contributed by atoms with van der Waals surface area (Å²) in [6.07, 6.45) is 19.1. The first kappa shape index (κ1) is 17.9. The van der Waals surface area contributed by atoms with Crippen molar-refractivity contribution in [2.24, 2.45) is 0 Å². The molecule has 0 N–H and O–H groups in total. The summed E-state index contributed by atoms with van der Waals surface area (Å²) in [5, 5.41) is 0.